The molecular formula is C12H11F3N2S. The monoisotopic (exact) mass is 272 g/mol. The molecule has 1 aromatic rings. The van der Waals surface area contributed by atoms with E-state index in [1.54, 1.807) is 12.3 Å². The summed E-state index contributed by atoms with van der Waals surface area (Å²) in [6.45, 7) is 0. The second kappa shape index (κ2) is 4.81. The number of hydrogen-bond acceptors (Lipinski definition) is 3. The summed E-state index contributed by atoms with van der Waals surface area (Å²) in [5.41, 5.74) is -0.352. The fourth-order valence-electron chi connectivity index (χ4n) is 2.28. The number of rotatable bonds is 1. The lowest BCUT2D eigenvalue weighted by Crippen LogP contribution is -2.19. The first kappa shape index (κ1) is 13.2. The summed E-state index contributed by atoms with van der Waals surface area (Å²) in [5, 5.41) is 9.18. The van der Waals surface area contributed by atoms with Crippen molar-refractivity contribution >= 4 is 11.8 Å². The summed E-state index contributed by atoms with van der Waals surface area (Å²) in [6.07, 6.45) is -0.338. The van der Waals surface area contributed by atoms with Crippen LogP contribution in [0.25, 0.3) is 0 Å². The van der Waals surface area contributed by atoms with E-state index in [1.807, 2.05) is 0 Å². The second-order valence-electron chi connectivity index (χ2n) is 4.11. The van der Waals surface area contributed by atoms with E-state index >= 15 is 0 Å². The number of pyridine rings is 1. The van der Waals surface area contributed by atoms with E-state index in [-0.39, 0.29) is 16.2 Å². The molecule has 0 fully saturated rings. The highest BCUT2D eigenvalue weighted by Crippen LogP contribution is 2.40. The third kappa shape index (κ3) is 2.19. The number of halogens is 3. The fraction of sp³-hybridized carbons (Fsp3) is 0.500. The van der Waals surface area contributed by atoms with Crippen molar-refractivity contribution in [3.8, 4) is 6.07 Å². The van der Waals surface area contributed by atoms with E-state index in [9.17, 15) is 13.2 Å². The molecule has 0 amide bonds. The Bertz CT molecular complexity index is 518. The zero-order valence-electron chi connectivity index (χ0n) is 9.76. The molecule has 0 aliphatic heterocycles. The largest absolute Gasteiger partial charge is 0.418 e. The average molecular weight is 272 g/mol. The second-order valence-corrected chi connectivity index (χ2v) is 4.91. The number of thioether (sulfide) groups is 1. The maximum atomic E-state index is 13.2. The highest BCUT2D eigenvalue weighted by molar-refractivity contribution is 7.98. The van der Waals surface area contributed by atoms with Gasteiger partial charge in [0.1, 0.15) is 11.1 Å². The van der Waals surface area contributed by atoms with Crippen LogP contribution in [0.2, 0.25) is 0 Å². The van der Waals surface area contributed by atoms with Crippen LogP contribution < -0.4 is 0 Å². The summed E-state index contributed by atoms with van der Waals surface area (Å²) in [6, 6.07) is 1.67. The van der Waals surface area contributed by atoms with Crippen molar-refractivity contribution in [1.29, 1.82) is 5.26 Å². The van der Waals surface area contributed by atoms with Crippen molar-refractivity contribution in [2.75, 3.05) is 6.26 Å². The van der Waals surface area contributed by atoms with Gasteiger partial charge < -0.3 is 0 Å². The van der Waals surface area contributed by atoms with Crippen LogP contribution in [-0.4, -0.2) is 11.2 Å². The number of hydrogen-bond donors (Lipinski definition) is 0. The summed E-state index contributed by atoms with van der Waals surface area (Å²) in [4.78, 5) is 4.22. The Morgan fingerprint density at radius 2 is 1.94 bits per heavy atom. The van der Waals surface area contributed by atoms with E-state index in [2.05, 4.69) is 4.98 Å². The number of alkyl halides is 3. The molecule has 1 aliphatic carbocycles. The standard InChI is InChI=1S/C12H11F3N2S/c1-18-11-8(6-16)10(12(13,14)15)7-4-2-3-5-9(7)17-11/h2-5H2,1H3. The molecule has 0 aromatic carbocycles. The molecular weight excluding hydrogens is 261 g/mol. The SMILES string of the molecule is CSc1nc2c(c(C(F)(F)F)c1C#N)CCCC2. The van der Waals surface area contributed by atoms with Gasteiger partial charge in [-0.05, 0) is 37.5 Å². The van der Waals surface area contributed by atoms with Crippen LogP contribution >= 0.6 is 11.8 Å². The highest BCUT2D eigenvalue weighted by atomic mass is 32.2. The number of fused-ring (bicyclic) bond motifs is 1. The number of nitriles is 1. The molecule has 1 aliphatic rings. The van der Waals surface area contributed by atoms with Crippen molar-refractivity contribution < 1.29 is 13.2 Å². The Labute approximate surface area is 107 Å². The Balaban J connectivity index is 2.77. The van der Waals surface area contributed by atoms with Crippen LogP contribution in [0.15, 0.2) is 5.03 Å². The van der Waals surface area contributed by atoms with Gasteiger partial charge in [0.05, 0.1) is 11.1 Å². The minimum absolute atomic E-state index is 0.186. The number of aryl methyl sites for hydroxylation is 1. The molecule has 18 heavy (non-hydrogen) atoms. The van der Waals surface area contributed by atoms with Gasteiger partial charge >= 0.3 is 6.18 Å². The van der Waals surface area contributed by atoms with E-state index in [4.69, 9.17) is 5.26 Å². The van der Waals surface area contributed by atoms with Gasteiger partial charge in [-0.3, -0.25) is 0 Å². The van der Waals surface area contributed by atoms with Gasteiger partial charge in [-0.15, -0.1) is 11.8 Å². The molecule has 2 nitrogen and oxygen atoms in total. The molecule has 0 N–H and O–H groups in total. The predicted octanol–water partition coefficient (Wildman–Crippen LogP) is 3.57. The van der Waals surface area contributed by atoms with Crippen molar-refractivity contribution in [2.45, 2.75) is 36.9 Å². The Kier molecular flexibility index (Phi) is 3.53. The summed E-state index contributed by atoms with van der Waals surface area (Å²) in [7, 11) is 0. The molecule has 0 saturated carbocycles. The van der Waals surface area contributed by atoms with E-state index in [0.29, 0.717) is 18.5 Å². The van der Waals surface area contributed by atoms with Gasteiger partial charge in [0.25, 0.3) is 0 Å². The lowest BCUT2D eigenvalue weighted by atomic mass is 9.90. The van der Waals surface area contributed by atoms with Crippen LogP contribution in [0, 0.1) is 11.3 Å². The molecule has 0 saturated heterocycles. The average Bonchev–Trinajstić information content (AvgIpc) is 2.34. The topological polar surface area (TPSA) is 36.7 Å². The van der Waals surface area contributed by atoms with E-state index in [0.717, 1.165) is 24.6 Å². The molecule has 96 valence electrons. The zero-order valence-corrected chi connectivity index (χ0v) is 10.6. The Morgan fingerprint density at radius 3 is 2.50 bits per heavy atom. The van der Waals surface area contributed by atoms with Gasteiger partial charge in [-0.25, -0.2) is 4.98 Å². The summed E-state index contributed by atoms with van der Waals surface area (Å²) < 4.78 is 39.5. The third-order valence-corrected chi connectivity index (χ3v) is 3.71. The first-order valence-electron chi connectivity index (χ1n) is 5.56. The first-order chi connectivity index (χ1) is 8.49. The smallest absolute Gasteiger partial charge is 0.245 e. The van der Waals surface area contributed by atoms with Crippen molar-refractivity contribution in [2.24, 2.45) is 0 Å². The Hall–Kier alpha value is -1.22. The fourth-order valence-corrected chi connectivity index (χ4v) is 2.84. The quantitative estimate of drug-likeness (QED) is 0.733. The minimum atomic E-state index is -4.49. The minimum Gasteiger partial charge on any atom is -0.245 e. The molecule has 0 unspecified atom stereocenters. The highest BCUT2D eigenvalue weighted by Gasteiger charge is 2.39. The molecule has 0 bridgehead atoms. The molecule has 1 aromatic heterocycles. The molecule has 0 radical (unpaired) electrons. The molecule has 0 spiro atoms. The molecule has 1 heterocycles. The van der Waals surface area contributed by atoms with Crippen LogP contribution in [0.4, 0.5) is 13.2 Å². The zero-order chi connectivity index (χ0) is 13.3. The maximum absolute atomic E-state index is 13.2. The Morgan fingerprint density at radius 1 is 1.28 bits per heavy atom. The van der Waals surface area contributed by atoms with Crippen LogP contribution in [0.3, 0.4) is 0 Å². The molecule has 6 heteroatoms. The van der Waals surface area contributed by atoms with Crippen LogP contribution in [0.1, 0.15) is 35.2 Å². The van der Waals surface area contributed by atoms with E-state index in [1.165, 1.54) is 0 Å². The van der Waals surface area contributed by atoms with Crippen molar-refractivity contribution in [1.82, 2.24) is 4.98 Å². The van der Waals surface area contributed by atoms with Gasteiger partial charge in [0, 0.05) is 5.69 Å². The summed E-state index contributed by atoms with van der Waals surface area (Å²) in [5.74, 6) is 0. The number of aromatic nitrogens is 1. The van der Waals surface area contributed by atoms with Gasteiger partial charge in [-0.1, -0.05) is 0 Å². The normalized spacial score (nSPS) is 15.1. The first-order valence-corrected chi connectivity index (χ1v) is 6.78. The van der Waals surface area contributed by atoms with E-state index < -0.39 is 11.7 Å². The maximum Gasteiger partial charge on any atom is 0.418 e. The third-order valence-electron chi connectivity index (χ3n) is 3.03. The lowest BCUT2D eigenvalue weighted by Gasteiger charge is -2.22. The predicted molar refractivity (Wildman–Crippen MR) is 62.4 cm³/mol. The number of nitrogens with zero attached hydrogens (tertiary/aromatic N) is 2. The van der Waals surface area contributed by atoms with Gasteiger partial charge in [0.15, 0.2) is 0 Å². The van der Waals surface area contributed by atoms with Crippen molar-refractivity contribution in [3.63, 3.8) is 0 Å². The van der Waals surface area contributed by atoms with Gasteiger partial charge in [0.2, 0.25) is 0 Å². The summed E-state index contributed by atoms with van der Waals surface area (Å²) >= 11 is 1.09. The molecule has 0 atom stereocenters. The van der Waals surface area contributed by atoms with Crippen LogP contribution in [0.5, 0.6) is 0 Å². The van der Waals surface area contributed by atoms with Crippen LogP contribution in [-0.2, 0) is 19.0 Å². The van der Waals surface area contributed by atoms with Gasteiger partial charge in [-0.2, -0.15) is 18.4 Å². The lowest BCUT2D eigenvalue weighted by molar-refractivity contribution is -0.138. The molecule has 2 rings (SSSR count). The van der Waals surface area contributed by atoms with Crippen molar-refractivity contribution in [3.05, 3.63) is 22.4 Å².